The summed E-state index contributed by atoms with van der Waals surface area (Å²) in [4.78, 5) is 11.9. The van der Waals surface area contributed by atoms with E-state index in [0.29, 0.717) is 24.2 Å². The number of hydrogen-bond acceptors (Lipinski definition) is 2. The molecule has 1 saturated carbocycles. The zero-order chi connectivity index (χ0) is 9.26. The minimum Gasteiger partial charge on any atom is -0.381 e. The lowest BCUT2D eigenvalue weighted by Gasteiger charge is -2.23. The zero-order valence-corrected chi connectivity index (χ0v) is 8.29. The average Bonchev–Trinajstić information content (AvgIpc) is 3.00. The van der Waals surface area contributed by atoms with Gasteiger partial charge in [-0.2, -0.15) is 0 Å². The maximum Gasteiger partial charge on any atom is 0.141 e. The van der Waals surface area contributed by atoms with Crippen molar-refractivity contribution >= 4 is 5.78 Å². The van der Waals surface area contributed by atoms with Crippen LogP contribution in [0.5, 0.6) is 0 Å². The van der Waals surface area contributed by atoms with Gasteiger partial charge in [-0.05, 0) is 31.6 Å². The molecular formula is C11H18O2. The number of ketones is 1. The van der Waals surface area contributed by atoms with Gasteiger partial charge in [-0.3, -0.25) is 4.79 Å². The Morgan fingerprint density at radius 1 is 1.38 bits per heavy atom. The Morgan fingerprint density at radius 2 is 2.15 bits per heavy atom. The van der Waals surface area contributed by atoms with Gasteiger partial charge < -0.3 is 4.74 Å². The molecule has 1 aliphatic carbocycles. The van der Waals surface area contributed by atoms with E-state index in [4.69, 9.17) is 4.74 Å². The van der Waals surface area contributed by atoms with Crippen LogP contribution in [0.4, 0.5) is 0 Å². The summed E-state index contributed by atoms with van der Waals surface area (Å²) in [6, 6.07) is 0. The summed E-state index contributed by atoms with van der Waals surface area (Å²) >= 11 is 0. The Balaban J connectivity index is 1.86. The second kappa shape index (κ2) is 3.79. The third kappa shape index (κ3) is 2.11. The molecule has 2 nitrogen and oxygen atoms in total. The average molecular weight is 182 g/mol. The summed E-state index contributed by atoms with van der Waals surface area (Å²) < 4.78 is 5.33. The van der Waals surface area contributed by atoms with Crippen LogP contribution in [0.1, 0.15) is 32.6 Å². The predicted octanol–water partition coefficient (Wildman–Crippen LogP) is 2.03. The first-order valence-electron chi connectivity index (χ1n) is 5.40. The first-order chi connectivity index (χ1) is 6.29. The van der Waals surface area contributed by atoms with Crippen molar-refractivity contribution in [1.82, 2.24) is 0 Å². The first-order valence-corrected chi connectivity index (χ1v) is 5.40. The summed E-state index contributed by atoms with van der Waals surface area (Å²) in [5.41, 5.74) is 0. The molecule has 0 bridgehead atoms. The molecule has 2 aliphatic rings. The molecule has 0 amide bonds. The fraction of sp³-hybridized carbons (Fsp3) is 0.909. The number of carbonyl (C=O) groups is 1. The lowest BCUT2D eigenvalue weighted by molar-refractivity contribution is -0.130. The van der Waals surface area contributed by atoms with Crippen LogP contribution in [0, 0.1) is 17.8 Å². The number of rotatable bonds is 3. The highest BCUT2D eigenvalue weighted by Gasteiger charge is 2.36. The van der Waals surface area contributed by atoms with Gasteiger partial charge in [-0.25, -0.2) is 0 Å². The standard InChI is InChI=1S/C11H18O2/c1-8(9-4-5-9)11(12)10-3-2-6-13-7-10/h8-10H,2-7H2,1H3. The Morgan fingerprint density at radius 3 is 2.69 bits per heavy atom. The van der Waals surface area contributed by atoms with E-state index in [2.05, 4.69) is 6.92 Å². The maximum absolute atomic E-state index is 11.9. The van der Waals surface area contributed by atoms with Crippen LogP contribution in [-0.4, -0.2) is 19.0 Å². The van der Waals surface area contributed by atoms with Gasteiger partial charge in [0.1, 0.15) is 5.78 Å². The van der Waals surface area contributed by atoms with E-state index in [1.54, 1.807) is 0 Å². The van der Waals surface area contributed by atoms with Crippen LogP contribution in [0.25, 0.3) is 0 Å². The highest BCUT2D eigenvalue weighted by molar-refractivity contribution is 5.83. The number of hydrogen-bond donors (Lipinski definition) is 0. The van der Waals surface area contributed by atoms with Crippen LogP contribution in [-0.2, 0) is 9.53 Å². The largest absolute Gasteiger partial charge is 0.381 e. The Labute approximate surface area is 79.7 Å². The molecule has 2 heteroatoms. The first kappa shape index (κ1) is 9.20. The fourth-order valence-corrected chi connectivity index (χ4v) is 2.17. The smallest absolute Gasteiger partial charge is 0.141 e. The normalized spacial score (nSPS) is 31.3. The number of carbonyl (C=O) groups excluding carboxylic acids is 1. The molecule has 0 N–H and O–H groups in total. The van der Waals surface area contributed by atoms with Gasteiger partial charge in [0.2, 0.25) is 0 Å². The van der Waals surface area contributed by atoms with Gasteiger partial charge in [0.15, 0.2) is 0 Å². The molecule has 0 aromatic carbocycles. The molecule has 2 fully saturated rings. The molecule has 74 valence electrons. The van der Waals surface area contributed by atoms with E-state index >= 15 is 0 Å². The minimum atomic E-state index is 0.212. The monoisotopic (exact) mass is 182 g/mol. The zero-order valence-electron chi connectivity index (χ0n) is 8.29. The molecule has 2 rings (SSSR count). The highest BCUT2D eigenvalue weighted by atomic mass is 16.5. The predicted molar refractivity (Wildman–Crippen MR) is 50.4 cm³/mol. The molecule has 0 aromatic rings. The lowest BCUT2D eigenvalue weighted by atomic mass is 9.87. The molecule has 0 spiro atoms. The highest BCUT2D eigenvalue weighted by Crippen LogP contribution is 2.38. The summed E-state index contributed by atoms with van der Waals surface area (Å²) in [5.74, 6) is 1.67. The van der Waals surface area contributed by atoms with Gasteiger partial charge >= 0.3 is 0 Å². The SMILES string of the molecule is CC(C(=O)C1CCCOC1)C1CC1. The van der Waals surface area contributed by atoms with Crippen molar-refractivity contribution in [2.75, 3.05) is 13.2 Å². The maximum atomic E-state index is 11.9. The second-order valence-electron chi connectivity index (χ2n) is 4.44. The number of Topliss-reactive ketones (excluding diaryl/α,β-unsaturated/α-hetero) is 1. The lowest BCUT2D eigenvalue weighted by Crippen LogP contribution is -2.30. The summed E-state index contributed by atoms with van der Waals surface area (Å²) in [7, 11) is 0. The fourth-order valence-electron chi connectivity index (χ4n) is 2.17. The van der Waals surface area contributed by atoms with Crippen LogP contribution >= 0.6 is 0 Å². The van der Waals surface area contributed by atoms with Gasteiger partial charge in [-0.1, -0.05) is 6.92 Å². The third-order valence-corrected chi connectivity index (χ3v) is 3.34. The Kier molecular flexibility index (Phi) is 2.68. The topological polar surface area (TPSA) is 26.3 Å². The van der Waals surface area contributed by atoms with Gasteiger partial charge in [0.25, 0.3) is 0 Å². The molecule has 1 saturated heterocycles. The van der Waals surface area contributed by atoms with Gasteiger partial charge in [-0.15, -0.1) is 0 Å². The van der Waals surface area contributed by atoms with Gasteiger partial charge in [0, 0.05) is 18.4 Å². The molecule has 2 unspecified atom stereocenters. The third-order valence-electron chi connectivity index (χ3n) is 3.34. The molecule has 1 aliphatic heterocycles. The van der Waals surface area contributed by atoms with Gasteiger partial charge in [0.05, 0.1) is 6.61 Å². The second-order valence-corrected chi connectivity index (χ2v) is 4.44. The van der Waals surface area contributed by atoms with E-state index in [-0.39, 0.29) is 5.92 Å². The van der Waals surface area contributed by atoms with Crippen LogP contribution in [0.2, 0.25) is 0 Å². The van der Waals surface area contributed by atoms with Crippen molar-refractivity contribution in [3.63, 3.8) is 0 Å². The molecule has 1 heterocycles. The van der Waals surface area contributed by atoms with E-state index in [9.17, 15) is 4.79 Å². The minimum absolute atomic E-state index is 0.212. The molecular weight excluding hydrogens is 164 g/mol. The van der Waals surface area contributed by atoms with Crippen LogP contribution < -0.4 is 0 Å². The van der Waals surface area contributed by atoms with Crippen molar-refractivity contribution < 1.29 is 9.53 Å². The van der Waals surface area contributed by atoms with Crippen molar-refractivity contribution in [1.29, 1.82) is 0 Å². The summed E-state index contributed by atoms with van der Waals surface area (Å²) in [5, 5.41) is 0. The molecule has 0 radical (unpaired) electrons. The molecule has 2 atom stereocenters. The Bertz CT molecular complexity index is 190. The quantitative estimate of drug-likeness (QED) is 0.667. The van der Waals surface area contributed by atoms with Crippen molar-refractivity contribution in [2.24, 2.45) is 17.8 Å². The van der Waals surface area contributed by atoms with E-state index in [0.717, 1.165) is 19.4 Å². The van der Waals surface area contributed by atoms with Crippen LogP contribution in [0.3, 0.4) is 0 Å². The van der Waals surface area contributed by atoms with E-state index in [1.807, 2.05) is 0 Å². The van der Waals surface area contributed by atoms with Crippen molar-refractivity contribution in [3.05, 3.63) is 0 Å². The van der Waals surface area contributed by atoms with Crippen LogP contribution in [0.15, 0.2) is 0 Å². The molecule has 13 heavy (non-hydrogen) atoms. The van der Waals surface area contributed by atoms with Crippen molar-refractivity contribution in [2.45, 2.75) is 32.6 Å². The van der Waals surface area contributed by atoms with E-state index in [1.165, 1.54) is 12.8 Å². The summed E-state index contributed by atoms with van der Waals surface area (Å²) in [6.07, 6.45) is 4.64. The van der Waals surface area contributed by atoms with E-state index < -0.39 is 0 Å². The van der Waals surface area contributed by atoms with Crippen molar-refractivity contribution in [3.8, 4) is 0 Å². The Hall–Kier alpha value is -0.370. The summed E-state index contributed by atoms with van der Waals surface area (Å²) in [6.45, 7) is 3.62. The molecule has 0 aromatic heterocycles. The number of ether oxygens (including phenoxy) is 1.